The average Bonchev–Trinajstić information content (AvgIpc) is 3.11. The average molecular weight is 444 g/mol. The van der Waals surface area contributed by atoms with Crippen molar-refractivity contribution in [2.24, 2.45) is 0 Å². The third kappa shape index (κ3) is 4.33. The van der Waals surface area contributed by atoms with Crippen molar-refractivity contribution in [2.45, 2.75) is 25.8 Å². The molecule has 156 valence electrons. The van der Waals surface area contributed by atoms with Gasteiger partial charge in [0.05, 0.1) is 29.1 Å². The van der Waals surface area contributed by atoms with Crippen molar-refractivity contribution in [1.29, 1.82) is 0 Å². The number of piperidine rings is 1. The molecule has 0 radical (unpaired) electrons. The summed E-state index contributed by atoms with van der Waals surface area (Å²) in [5, 5.41) is 3.90. The van der Waals surface area contributed by atoms with Crippen LogP contribution in [0.15, 0.2) is 36.4 Å². The molecule has 4 rings (SSSR count). The predicted molar refractivity (Wildman–Crippen MR) is 119 cm³/mol. The molecule has 1 aliphatic rings. The summed E-state index contributed by atoms with van der Waals surface area (Å²) in [4.78, 5) is 33.3. The molecule has 0 aliphatic carbocycles. The van der Waals surface area contributed by atoms with Crippen LogP contribution in [-0.2, 0) is 11.3 Å². The van der Waals surface area contributed by atoms with Crippen LogP contribution in [0.25, 0.3) is 10.2 Å². The number of amides is 1. The number of hydrogen-bond donors (Lipinski definition) is 1. The molecule has 1 saturated heterocycles. The largest absolute Gasteiger partial charge is 0.465 e. The number of thiophene rings is 1. The summed E-state index contributed by atoms with van der Waals surface area (Å²) >= 11 is 7.38. The molecular formula is C22H22ClN3O3S. The number of aromatic nitrogens is 1. The normalized spacial score (nSPS) is 14.6. The number of pyridine rings is 1. The van der Waals surface area contributed by atoms with Crippen molar-refractivity contribution in [2.75, 3.05) is 25.5 Å². The first kappa shape index (κ1) is 20.8. The number of carbonyl (C=O) groups excluding carboxylic acids is 2. The van der Waals surface area contributed by atoms with Crippen molar-refractivity contribution in [3.8, 4) is 0 Å². The van der Waals surface area contributed by atoms with Crippen molar-refractivity contribution in [3.63, 3.8) is 0 Å². The van der Waals surface area contributed by atoms with Crippen LogP contribution in [-0.4, -0.2) is 42.0 Å². The number of likely N-dealkylation sites (tertiary alicyclic amines) is 1. The Kier molecular flexibility index (Phi) is 6.32. The maximum absolute atomic E-state index is 12.8. The van der Waals surface area contributed by atoms with Crippen molar-refractivity contribution in [3.05, 3.63) is 57.6 Å². The zero-order valence-corrected chi connectivity index (χ0v) is 18.2. The number of anilines is 1. The lowest BCUT2D eigenvalue weighted by Crippen LogP contribution is -2.29. The Morgan fingerprint density at radius 3 is 2.67 bits per heavy atom. The molecule has 3 aromatic rings. The molecule has 3 heterocycles. The molecule has 0 bridgehead atoms. The lowest BCUT2D eigenvalue weighted by Gasteiger charge is -2.25. The number of carbonyl (C=O) groups is 2. The molecule has 30 heavy (non-hydrogen) atoms. The van der Waals surface area contributed by atoms with E-state index in [9.17, 15) is 9.59 Å². The van der Waals surface area contributed by atoms with Gasteiger partial charge < -0.3 is 10.1 Å². The van der Waals surface area contributed by atoms with Crippen LogP contribution >= 0.6 is 22.9 Å². The summed E-state index contributed by atoms with van der Waals surface area (Å²) in [5.41, 5.74) is 1.69. The summed E-state index contributed by atoms with van der Waals surface area (Å²) in [7, 11) is 1.32. The summed E-state index contributed by atoms with van der Waals surface area (Å²) in [5.74, 6) is -0.895. The van der Waals surface area contributed by atoms with E-state index >= 15 is 0 Å². The number of halogens is 1. The minimum Gasteiger partial charge on any atom is -0.465 e. The molecule has 0 unspecified atom stereocenters. The highest BCUT2D eigenvalue weighted by molar-refractivity contribution is 7.21. The van der Waals surface area contributed by atoms with Gasteiger partial charge in [-0.2, -0.15) is 0 Å². The maximum Gasteiger partial charge on any atom is 0.350 e. The number of benzene rings is 1. The molecule has 0 saturated carbocycles. The van der Waals surface area contributed by atoms with Crippen LogP contribution in [0.1, 0.15) is 45.0 Å². The second-order valence-corrected chi connectivity index (χ2v) is 8.63. The minimum absolute atomic E-state index is 0.315. The van der Waals surface area contributed by atoms with E-state index in [1.165, 1.54) is 37.7 Å². The number of methoxy groups -OCH3 is 1. The Labute approximate surface area is 183 Å². The van der Waals surface area contributed by atoms with E-state index in [2.05, 4.69) is 10.2 Å². The quantitative estimate of drug-likeness (QED) is 0.563. The molecule has 1 aromatic carbocycles. The molecule has 8 heteroatoms. The Morgan fingerprint density at radius 2 is 1.93 bits per heavy atom. The molecule has 1 fully saturated rings. The number of nitrogens with zero attached hydrogens (tertiary/aromatic N) is 2. The number of rotatable bonds is 5. The van der Waals surface area contributed by atoms with Gasteiger partial charge in [-0.3, -0.25) is 9.69 Å². The number of nitrogens with one attached hydrogen (secondary N) is 1. The smallest absolute Gasteiger partial charge is 0.350 e. The molecule has 0 atom stereocenters. The molecule has 1 aliphatic heterocycles. The van der Waals surface area contributed by atoms with Crippen molar-refractivity contribution < 1.29 is 14.3 Å². The topological polar surface area (TPSA) is 71.5 Å². The summed E-state index contributed by atoms with van der Waals surface area (Å²) < 4.78 is 4.93. The van der Waals surface area contributed by atoms with E-state index in [1.54, 1.807) is 24.3 Å². The van der Waals surface area contributed by atoms with Gasteiger partial charge in [0.15, 0.2) is 0 Å². The molecule has 2 aromatic heterocycles. The molecule has 6 nitrogen and oxygen atoms in total. The first-order valence-corrected chi connectivity index (χ1v) is 11.0. The van der Waals surface area contributed by atoms with Gasteiger partial charge in [0, 0.05) is 11.9 Å². The van der Waals surface area contributed by atoms with E-state index in [1.807, 2.05) is 12.1 Å². The fraction of sp³-hybridized carbons (Fsp3) is 0.318. The highest BCUT2D eigenvalue weighted by Crippen LogP contribution is 2.36. The Balaban J connectivity index is 1.67. The van der Waals surface area contributed by atoms with Crippen LogP contribution in [0.5, 0.6) is 0 Å². The SMILES string of the molecule is COC(=O)c1sc2nc(CN3CCCCC3)ccc2c1NC(=O)c1ccccc1Cl. The number of ether oxygens (including phenoxy) is 1. The van der Waals surface area contributed by atoms with E-state index < -0.39 is 5.97 Å². The molecule has 1 amide bonds. The minimum atomic E-state index is -0.509. The van der Waals surface area contributed by atoms with E-state index in [0.717, 1.165) is 25.3 Å². The third-order valence-electron chi connectivity index (χ3n) is 5.18. The maximum atomic E-state index is 12.8. The van der Waals surface area contributed by atoms with Crippen LogP contribution in [0, 0.1) is 0 Å². The molecule has 0 spiro atoms. The Morgan fingerprint density at radius 1 is 1.17 bits per heavy atom. The van der Waals surface area contributed by atoms with Crippen LogP contribution < -0.4 is 5.32 Å². The fourth-order valence-electron chi connectivity index (χ4n) is 3.64. The van der Waals surface area contributed by atoms with Gasteiger partial charge in [-0.15, -0.1) is 11.3 Å². The van der Waals surface area contributed by atoms with E-state index in [0.29, 0.717) is 31.4 Å². The standard InChI is InChI=1S/C22H22ClN3O3S/c1-29-22(28)19-18(25-20(27)15-7-3-4-8-17(15)23)16-10-9-14(24-21(16)30-19)13-26-11-5-2-6-12-26/h3-4,7-10H,2,5-6,11-13H2,1H3,(H,25,27). The van der Waals surface area contributed by atoms with Gasteiger partial charge in [-0.25, -0.2) is 9.78 Å². The number of esters is 1. The fourth-order valence-corrected chi connectivity index (χ4v) is 4.93. The van der Waals surface area contributed by atoms with Gasteiger partial charge >= 0.3 is 5.97 Å². The highest BCUT2D eigenvalue weighted by atomic mass is 35.5. The predicted octanol–water partition coefficient (Wildman–Crippen LogP) is 4.97. The lowest BCUT2D eigenvalue weighted by atomic mass is 10.1. The van der Waals surface area contributed by atoms with Crippen molar-refractivity contribution >= 4 is 50.7 Å². The number of fused-ring (bicyclic) bond motifs is 1. The number of hydrogen-bond acceptors (Lipinski definition) is 6. The van der Waals surface area contributed by atoms with Gasteiger partial charge in [0.25, 0.3) is 5.91 Å². The lowest BCUT2D eigenvalue weighted by molar-refractivity contribution is 0.0607. The highest BCUT2D eigenvalue weighted by Gasteiger charge is 2.23. The van der Waals surface area contributed by atoms with E-state index in [-0.39, 0.29) is 5.91 Å². The van der Waals surface area contributed by atoms with Gasteiger partial charge in [-0.05, 0) is 50.2 Å². The monoisotopic (exact) mass is 443 g/mol. The van der Waals surface area contributed by atoms with Crippen LogP contribution in [0.4, 0.5) is 5.69 Å². The first-order valence-electron chi connectivity index (χ1n) is 9.86. The zero-order chi connectivity index (χ0) is 21.1. The van der Waals surface area contributed by atoms with Gasteiger partial charge in [0.2, 0.25) is 0 Å². The first-order chi connectivity index (χ1) is 14.6. The second-order valence-electron chi connectivity index (χ2n) is 7.22. The molecule has 1 N–H and O–H groups in total. The Hall–Kier alpha value is -2.48. The third-order valence-corrected chi connectivity index (χ3v) is 6.58. The second kappa shape index (κ2) is 9.12. The van der Waals surface area contributed by atoms with Crippen molar-refractivity contribution in [1.82, 2.24) is 9.88 Å². The zero-order valence-electron chi connectivity index (χ0n) is 16.6. The van der Waals surface area contributed by atoms with E-state index in [4.69, 9.17) is 21.3 Å². The van der Waals surface area contributed by atoms with Crippen LogP contribution in [0.3, 0.4) is 0 Å². The summed E-state index contributed by atoms with van der Waals surface area (Å²) in [6.45, 7) is 2.94. The summed E-state index contributed by atoms with van der Waals surface area (Å²) in [6, 6.07) is 10.6. The molecular weight excluding hydrogens is 422 g/mol. The van der Waals surface area contributed by atoms with Gasteiger partial charge in [-0.1, -0.05) is 30.2 Å². The summed E-state index contributed by atoms with van der Waals surface area (Å²) in [6.07, 6.45) is 3.71. The van der Waals surface area contributed by atoms with Crippen LogP contribution in [0.2, 0.25) is 5.02 Å². The Bertz CT molecular complexity index is 1090. The van der Waals surface area contributed by atoms with Gasteiger partial charge in [0.1, 0.15) is 9.71 Å².